The summed E-state index contributed by atoms with van der Waals surface area (Å²) in [5, 5.41) is 2.59. The number of benzene rings is 1. The fourth-order valence-electron chi connectivity index (χ4n) is 2.39. The number of carbonyl (C=O) groups excluding carboxylic acids is 2. The van der Waals surface area contributed by atoms with Gasteiger partial charge in [-0.15, -0.1) is 0 Å². The number of anilines is 1. The average molecular weight is 330 g/mol. The standard InChI is InChI=1S/C15H17F3N2O3/c1-9-7-11(19-10(2)21)3-4-12(9)14(22)20-5-6-23-13(8-20)15(16,17)18/h3-4,7,13H,5-6,8H2,1-2H3,(H,19,21). The Kier molecular flexibility index (Phi) is 4.93. The smallest absolute Gasteiger partial charge is 0.365 e. The highest BCUT2D eigenvalue weighted by atomic mass is 19.4. The molecule has 1 aromatic rings. The van der Waals surface area contributed by atoms with Gasteiger partial charge in [-0.2, -0.15) is 13.2 Å². The molecule has 1 aromatic carbocycles. The summed E-state index contributed by atoms with van der Waals surface area (Å²) in [6, 6.07) is 4.65. The van der Waals surface area contributed by atoms with E-state index in [0.29, 0.717) is 16.8 Å². The van der Waals surface area contributed by atoms with Crippen molar-refractivity contribution in [3.63, 3.8) is 0 Å². The Hall–Kier alpha value is -2.09. The van der Waals surface area contributed by atoms with Gasteiger partial charge in [-0.3, -0.25) is 9.59 Å². The zero-order valence-corrected chi connectivity index (χ0v) is 12.7. The number of hydrogen-bond donors (Lipinski definition) is 1. The summed E-state index contributed by atoms with van der Waals surface area (Å²) >= 11 is 0. The van der Waals surface area contributed by atoms with Gasteiger partial charge in [0.25, 0.3) is 5.91 Å². The first-order chi connectivity index (χ1) is 10.7. The third kappa shape index (κ3) is 4.22. The summed E-state index contributed by atoms with van der Waals surface area (Å²) in [5.41, 5.74) is 1.42. The highest BCUT2D eigenvalue weighted by Crippen LogP contribution is 2.27. The van der Waals surface area contributed by atoms with Gasteiger partial charge in [-0.25, -0.2) is 0 Å². The molecule has 5 nitrogen and oxygen atoms in total. The van der Waals surface area contributed by atoms with E-state index in [1.165, 1.54) is 13.0 Å². The minimum atomic E-state index is -4.50. The van der Waals surface area contributed by atoms with Gasteiger partial charge < -0.3 is 15.0 Å². The molecule has 0 aliphatic carbocycles. The predicted molar refractivity (Wildman–Crippen MR) is 77.2 cm³/mol. The molecule has 2 rings (SSSR count). The summed E-state index contributed by atoms with van der Waals surface area (Å²) in [6.07, 6.45) is -6.46. The molecule has 0 radical (unpaired) electrons. The molecule has 126 valence electrons. The number of hydrogen-bond acceptors (Lipinski definition) is 3. The molecule has 0 saturated carbocycles. The second kappa shape index (κ2) is 6.57. The number of halogens is 3. The first-order valence-corrected chi connectivity index (χ1v) is 7.04. The number of carbonyl (C=O) groups is 2. The van der Waals surface area contributed by atoms with Gasteiger partial charge >= 0.3 is 6.18 Å². The van der Waals surface area contributed by atoms with Crippen molar-refractivity contribution in [3.05, 3.63) is 29.3 Å². The molecule has 2 amide bonds. The van der Waals surface area contributed by atoms with Crippen LogP contribution in [0.5, 0.6) is 0 Å². The van der Waals surface area contributed by atoms with Crippen molar-refractivity contribution in [2.24, 2.45) is 0 Å². The highest BCUT2D eigenvalue weighted by molar-refractivity contribution is 5.97. The Morgan fingerprint density at radius 1 is 1.35 bits per heavy atom. The van der Waals surface area contributed by atoms with Crippen LogP contribution in [-0.4, -0.2) is 48.7 Å². The normalized spacial score (nSPS) is 18.7. The third-order valence-electron chi connectivity index (χ3n) is 3.50. The monoisotopic (exact) mass is 330 g/mol. The van der Waals surface area contributed by atoms with Gasteiger partial charge in [-0.1, -0.05) is 0 Å². The average Bonchev–Trinajstić information content (AvgIpc) is 2.45. The van der Waals surface area contributed by atoms with Gasteiger partial charge in [-0.05, 0) is 30.7 Å². The van der Waals surface area contributed by atoms with Crippen molar-refractivity contribution in [3.8, 4) is 0 Å². The van der Waals surface area contributed by atoms with Gasteiger partial charge in [0, 0.05) is 24.7 Å². The van der Waals surface area contributed by atoms with E-state index >= 15 is 0 Å². The molecule has 23 heavy (non-hydrogen) atoms. The zero-order chi connectivity index (χ0) is 17.2. The lowest BCUT2D eigenvalue weighted by molar-refractivity contribution is -0.233. The van der Waals surface area contributed by atoms with Crippen LogP contribution in [0.25, 0.3) is 0 Å². The van der Waals surface area contributed by atoms with E-state index in [2.05, 4.69) is 10.1 Å². The van der Waals surface area contributed by atoms with E-state index in [1.54, 1.807) is 19.1 Å². The van der Waals surface area contributed by atoms with Gasteiger partial charge in [0.2, 0.25) is 5.91 Å². The Balaban J connectivity index is 2.15. The van der Waals surface area contributed by atoms with Crippen LogP contribution in [0.4, 0.5) is 18.9 Å². The van der Waals surface area contributed by atoms with E-state index in [4.69, 9.17) is 0 Å². The van der Waals surface area contributed by atoms with Crippen LogP contribution in [0.3, 0.4) is 0 Å². The van der Waals surface area contributed by atoms with Crippen LogP contribution < -0.4 is 5.32 Å². The number of ether oxygens (including phenoxy) is 1. The molecule has 1 heterocycles. The van der Waals surface area contributed by atoms with Crippen molar-refractivity contribution in [2.45, 2.75) is 26.1 Å². The first-order valence-electron chi connectivity index (χ1n) is 7.04. The van der Waals surface area contributed by atoms with Crippen LogP contribution in [0.15, 0.2) is 18.2 Å². The van der Waals surface area contributed by atoms with E-state index in [1.807, 2.05) is 0 Å². The fraction of sp³-hybridized carbons (Fsp3) is 0.467. The SMILES string of the molecule is CC(=O)Nc1ccc(C(=O)N2CCOC(C(F)(F)F)C2)c(C)c1. The third-order valence-corrected chi connectivity index (χ3v) is 3.50. The van der Waals surface area contributed by atoms with Gasteiger partial charge in [0.1, 0.15) is 0 Å². The molecular formula is C15H17F3N2O3. The zero-order valence-electron chi connectivity index (χ0n) is 12.7. The molecule has 1 fully saturated rings. The van der Waals surface area contributed by atoms with Gasteiger partial charge in [0.05, 0.1) is 13.2 Å². The highest BCUT2D eigenvalue weighted by Gasteiger charge is 2.44. The molecule has 1 aliphatic heterocycles. The molecule has 0 aromatic heterocycles. The van der Waals surface area contributed by atoms with Crippen molar-refractivity contribution < 1.29 is 27.5 Å². The summed E-state index contributed by atoms with van der Waals surface area (Å²) < 4.78 is 42.9. The summed E-state index contributed by atoms with van der Waals surface area (Å²) in [5.74, 6) is -0.723. The number of nitrogens with zero attached hydrogens (tertiary/aromatic N) is 1. The summed E-state index contributed by atoms with van der Waals surface area (Å²) in [7, 11) is 0. The number of alkyl halides is 3. The van der Waals surface area contributed by atoms with E-state index in [9.17, 15) is 22.8 Å². The summed E-state index contributed by atoms with van der Waals surface area (Å²) in [6.45, 7) is 2.46. The molecule has 8 heteroatoms. The molecule has 0 bridgehead atoms. The molecule has 1 saturated heterocycles. The largest absolute Gasteiger partial charge is 0.416 e. The maximum atomic E-state index is 12.7. The molecule has 1 unspecified atom stereocenters. The number of aryl methyl sites for hydroxylation is 1. The van der Waals surface area contributed by atoms with Crippen molar-refractivity contribution in [1.82, 2.24) is 4.90 Å². The lowest BCUT2D eigenvalue weighted by Crippen LogP contribution is -2.51. The lowest BCUT2D eigenvalue weighted by atomic mass is 10.1. The molecule has 1 aliphatic rings. The van der Waals surface area contributed by atoms with Crippen molar-refractivity contribution in [1.29, 1.82) is 0 Å². The van der Waals surface area contributed by atoms with Crippen LogP contribution >= 0.6 is 0 Å². The maximum absolute atomic E-state index is 12.7. The number of morpholine rings is 1. The quantitative estimate of drug-likeness (QED) is 0.906. The Morgan fingerprint density at radius 3 is 2.61 bits per heavy atom. The minimum absolute atomic E-state index is 0.109. The van der Waals surface area contributed by atoms with E-state index < -0.39 is 24.7 Å². The maximum Gasteiger partial charge on any atom is 0.416 e. The Bertz CT molecular complexity index is 616. The predicted octanol–water partition coefficient (Wildman–Crippen LogP) is 2.36. The topological polar surface area (TPSA) is 58.6 Å². The molecular weight excluding hydrogens is 313 g/mol. The van der Waals surface area contributed by atoms with Crippen molar-refractivity contribution >= 4 is 17.5 Å². The molecule has 0 spiro atoms. The van der Waals surface area contributed by atoms with Crippen molar-refractivity contribution in [2.75, 3.05) is 25.0 Å². The lowest BCUT2D eigenvalue weighted by Gasteiger charge is -2.34. The van der Waals surface area contributed by atoms with Crippen LogP contribution in [0, 0.1) is 6.92 Å². The Morgan fingerprint density at radius 2 is 2.04 bits per heavy atom. The first kappa shape index (κ1) is 17.3. The van der Waals surface area contributed by atoms with E-state index in [-0.39, 0.29) is 19.1 Å². The molecule has 1 N–H and O–H groups in total. The minimum Gasteiger partial charge on any atom is -0.365 e. The Labute approximate surface area is 131 Å². The number of amides is 2. The fourth-order valence-corrected chi connectivity index (χ4v) is 2.39. The van der Waals surface area contributed by atoms with Crippen LogP contribution in [0.2, 0.25) is 0 Å². The van der Waals surface area contributed by atoms with E-state index in [0.717, 1.165) is 4.90 Å². The van der Waals surface area contributed by atoms with Crippen LogP contribution in [-0.2, 0) is 9.53 Å². The summed E-state index contributed by atoms with van der Waals surface area (Å²) in [4.78, 5) is 24.6. The van der Waals surface area contributed by atoms with Gasteiger partial charge in [0.15, 0.2) is 6.10 Å². The van der Waals surface area contributed by atoms with Crippen LogP contribution in [0.1, 0.15) is 22.8 Å². The number of rotatable bonds is 2. The molecule has 1 atom stereocenters. The second-order valence-electron chi connectivity index (χ2n) is 5.36. The second-order valence-corrected chi connectivity index (χ2v) is 5.36. The number of nitrogens with one attached hydrogen (secondary N) is 1.